The van der Waals surface area contributed by atoms with Crippen molar-refractivity contribution < 1.29 is 4.57 Å². The van der Waals surface area contributed by atoms with Crippen molar-refractivity contribution in [2.75, 3.05) is 0 Å². The van der Waals surface area contributed by atoms with Crippen molar-refractivity contribution in [3.05, 3.63) is 63.9 Å². The third-order valence-electron chi connectivity index (χ3n) is 2.52. The van der Waals surface area contributed by atoms with E-state index in [1.54, 1.807) is 0 Å². The lowest BCUT2D eigenvalue weighted by Gasteiger charge is -2.00. The van der Waals surface area contributed by atoms with Crippen LogP contribution in [0.25, 0.3) is 12.2 Å². The molecule has 1 heterocycles. The number of hydrogen-bond donors (Lipinski definition) is 0. The Kier molecular flexibility index (Phi) is 3.82. The van der Waals surface area contributed by atoms with Gasteiger partial charge in [-0.3, -0.25) is 0 Å². The summed E-state index contributed by atoms with van der Waals surface area (Å²) >= 11 is 12.2. The molecular formula is C14H12Cl2N+. The lowest BCUT2D eigenvalue weighted by atomic mass is 10.2. The summed E-state index contributed by atoms with van der Waals surface area (Å²) in [5.74, 6) is 0. The monoisotopic (exact) mass is 264 g/mol. The van der Waals surface area contributed by atoms with Crippen LogP contribution in [0.4, 0.5) is 0 Å². The van der Waals surface area contributed by atoms with Crippen LogP contribution in [-0.4, -0.2) is 0 Å². The first kappa shape index (κ1) is 12.2. The Balaban J connectivity index is 2.36. The van der Waals surface area contributed by atoms with Crippen LogP contribution in [0.1, 0.15) is 11.3 Å². The first-order chi connectivity index (χ1) is 8.18. The van der Waals surface area contributed by atoms with E-state index in [0.717, 1.165) is 11.3 Å². The average molecular weight is 265 g/mol. The summed E-state index contributed by atoms with van der Waals surface area (Å²) < 4.78 is 2.03. The molecule has 0 spiro atoms. The molecule has 0 amide bonds. The first-order valence-corrected chi connectivity index (χ1v) is 6.01. The van der Waals surface area contributed by atoms with Gasteiger partial charge in [-0.2, -0.15) is 0 Å². The van der Waals surface area contributed by atoms with Gasteiger partial charge in [0.05, 0.1) is 0 Å². The van der Waals surface area contributed by atoms with Crippen molar-refractivity contribution in [2.45, 2.75) is 0 Å². The Bertz CT molecular complexity index is 542. The van der Waals surface area contributed by atoms with Crippen LogP contribution in [0.5, 0.6) is 0 Å². The minimum Gasteiger partial charge on any atom is -0.202 e. The maximum Gasteiger partial charge on any atom is 0.204 e. The van der Waals surface area contributed by atoms with E-state index in [2.05, 4.69) is 0 Å². The fourth-order valence-electron chi connectivity index (χ4n) is 1.55. The maximum atomic E-state index is 6.09. The highest BCUT2D eigenvalue weighted by molar-refractivity contribution is 6.37. The van der Waals surface area contributed by atoms with Crippen molar-refractivity contribution in [1.29, 1.82) is 0 Å². The van der Waals surface area contributed by atoms with E-state index in [1.165, 1.54) is 0 Å². The normalized spacial score (nSPS) is 11.0. The highest BCUT2D eigenvalue weighted by atomic mass is 35.5. The van der Waals surface area contributed by atoms with Gasteiger partial charge in [0.15, 0.2) is 6.20 Å². The van der Waals surface area contributed by atoms with E-state index in [0.29, 0.717) is 10.0 Å². The van der Waals surface area contributed by atoms with Crippen LogP contribution in [0.3, 0.4) is 0 Å². The molecule has 0 N–H and O–H groups in total. The summed E-state index contributed by atoms with van der Waals surface area (Å²) in [6.07, 6.45) is 5.92. The lowest BCUT2D eigenvalue weighted by Crippen LogP contribution is -2.30. The number of aromatic nitrogens is 1. The van der Waals surface area contributed by atoms with E-state index in [-0.39, 0.29) is 0 Å². The topological polar surface area (TPSA) is 3.88 Å². The Morgan fingerprint density at radius 3 is 2.29 bits per heavy atom. The van der Waals surface area contributed by atoms with Gasteiger partial charge >= 0.3 is 0 Å². The second kappa shape index (κ2) is 5.35. The van der Waals surface area contributed by atoms with Crippen LogP contribution in [0.2, 0.25) is 10.0 Å². The summed E-state index contributed by atoms with van der Waals surface area (Å²) in [5.41, 5.74) is 1.93. The molecular weight excluding hydrogens is 253 g/mol. The lowest BCUT2D eigenvalue weighted by molar-refractivity contribution is -0.673. The molecule has 2 aromatic rings. The van der Waals surface area contributed by atoms with E-state index < -0.39 is 0 Å². The van der Waals surface area contributed by atoms with Crippen molar-refractivity contribution in [3.8, 4) is 0 Å². The van der Waals surface area contributed by atoms with Crippen molar-refractivity contribution in [3.63, 3.8) is 0 Å². The quantitative estimate of drug-likeness (QED) is 0.723. The fourth-order valence-corrected chi connectivity index (χ4v) is 2.07. The summed E-state index contributed by atoms with van der Waals surface area (Å²) in [5, 5.41) is 1.32. The first-order valence-electron chi connectivity index (χ1n) is 5.25. The second-order valence-corrected chi connectivity index (χ2v) is 4.52. The predicted molar refractivity (Wildman–Crippen MR) is 73.0 cm³/mol. The van der Waals surface area contributed by atoms with Gasteiger partial charge in [0, 0.05) is 33.8 Å². The van der Waals surface area contributed by atoms with Crippen LogP contribution in [0, 0.1) is 0 Å². The Hall–Kier alpha value is -1.31. The molecule has 0 bridgehead atoms. The Morgan fingerprint density at radius 1 is 0.941 bits per heavy atom. The van der Waals surface area contributed by atoms with E-state index in [1.807, 2.05) is 66.4 Å². The second-order valence-electron chi connectivity index (χ2n) is 3.71. The molecule has 3 heteroatoms. The zero-order valence-corrected chi connectivity index (χ0v) is 10.9. The SMILES string of the molecule is C[n+]1ccccc1C=Cc1c(Cl)cccc1Cl. The molecule has 0 aliphatic rings. The van der Waals surface area contributed by atoms with Gasteiger partial charge in [-0.25, -0.2) is 4.57 Å². The molecule has 0 radical (unpaired) electrons. The Morgan fingerprint density at radius 2 is 1.65 bits per heavy atom. The van der Waals surface area contributed by atoms with Crippen molar-refractivity contribution in [2.24, 2.45) is 7.05 Å². The molecule has 2 rings (SSSR count). The summed E-state index contributed by atoms with van der Waals surface area (Å²) in [7, 11) is 1.99. The molecule has 0 atom stereocenters. The maximum absolute atomic E-state index is 6.09. The van der Waals surface area contributed by atoms with E-state index in [4.69, 9.17) is 23.2 Å². The molecule has 0 saturated heterocycles. The average Bonchev–Trinajstić information content (AvgIpc) is 2.30. The van der Waals surface area contributed by atoms with Gasteiger partial charge in [0.25, 0.3) is 0 Å². The number of hydrogen-bond acceptors (Lipinski definition) is 0. The van der Waals surface area contributed by atoms with E-state index in [9.17, 15) is 0 Å². The summed E-state index contributed by atoms with van der Waals surface area (Å²) in [4.78, 5) is 0. The third kappa shape index (κ3) is 2.87. The number of nitrogens with zero attached hydrogens (tertiary/aromatic N) is 1. The molecule has 86 valence electrons. The smallest absolute Gasteiger partial charge is 0.202 e. The van der Waals surface area contributed by atoms with Gasteiger partial charge in [-0.05, 0) is 24.3 Å². The number of aryl methyl sites for hydroxylation is 1. The van der Waals surface area contributed by atoms with E-state index >= 15 is 0 Å². The minimum atomic E-state index is 0.660. The number of pyridine rings is 1. The van der Waals surface area contributed by atoms with Crippen LogP contribution in [-0.2, 0) is 7.05 Å². The minimum absolute atomic E-state index is 0.660. The standard InChI is InChI=1S/C14H12Cl2N/c1-17-10-3-2-5-11(17)8-9-12-13(15)6-4-7-14(12)16/h2-10H,1H3/q+1. The number of rotatable bonds is 2. The van der Waals surface area contributed by atoms with Crippen LogP contribution in [0.15, 0.2) is 42.6 Å². The van der Waals surface area contributed by atoms with Gasteiger partial charge < -0.3 is 0 Å². The molecule has 17 heavy (non-hydrogen) atoms. The third-order valence-corrected chi connectivity index (χ3v) is 3.17. The molecule has 0 fully saturated rings. The molecule has 1 aromatic carbocycles. The molecule has 0 aliphatic heterocycles. The van der Waals surface area contributed by atoms with Gasteiger partial charge in [-0.15, -0.1) is 0 Å². The fraction of sp³-hybridized carbons (Fsp3) is 0.0714. The van der Waals surface area contributed by atoms with Gasteiger partial charge in [0.1, 0.15) is 7.05 Å². The zero-order chi connectivity index (χ0) is 12.3. The van der Waals surface area contributed by atoms with Crippen molar-refractivity contribution in [1.82, 2.24) is 0 Å². The van der Waals surface area contributed by atoms with Gasteiger partial charge in [0.2, 0.25) is 5.69 Å². The summed E-state index contributed by atoms with van der Waals surface area (Å²) in [6, 6.07) is 11.5. The Labute approximate surface area is 111 Å². The van der Waals surface area contributed by atoms with Crippen LogP contribution < -0.4 is 4.57 Å². The molecule has 1 aromatic heterocycles. The largest absolute Gasteiger partial charge is 0.204 e. The predicted octanol–water partition coefficient (Wildman–Crippen LogP) is 3.99. The highest BCUT2D eigenvalue weighted by Gasteiger charge is 2.03. The van der Waals surface area contributed by atoms with Gasteiger partial charge in [-0.1, -0.05) is 29.3 Å². The van der Waals surface area contributed by atoms with Crippen LogP contribution >= 0.6 is 23.2 Å². The number of benzene rings is 1. The highest BCUT2D eigenvalue weighted by Crippen LogP contribution is 2.25. The molecule has 0 saturated carbocycles. The molecule has 0 unspecified atom stereocenters. The zero-order valence-electron chi connectivity index (χ0n) is 9.40. The number of halogens is 2. The molecule has 1 nitrogen and oxygen atoms in total. The molecule has 0 aliphatic carbocycles. The van der Waals surface area contributed by atoms with Crippen molar-refractivity contribution >= 4 is 35.4 Å². The summed E-state index contributed by atoms with van der Waals surface area (Å²) in [6.45, 7) is 0.